The molecule has 0 saturated heterocycles. The Labute approximate surface area is 173 Å². The first-order valence-electron chi connectivity index (χ1n) is 9.23. The van der Waals surface area contributed by atoms with Crippen LogP contribution in [0.3, 0.4) is 0 Å². The second-order valence-corrected chi connectivity index (χ2v) is 7.19. The fraction of sp³-hybridized carbons (Fsp3) is 0.130. The van der Waals surface area contributed by atoms with E-state index in [2.05, 4.69) is 10.4 Å². The quantitative estimate of drug-likeness (QED) is 0.507. The summed E-state index contributed by atoms with van der Waals surface area (Å²) >= 11 is 5.89. The third-order valence-electron chi connectivity index (χ3n) is 4.69. The van der Waals surface area contributed by atoms with Gasteiger partial charge >= 0.3 is 0 Å². The number of rotatable bonds is 6. The lowest BCUT2D eigenvalue weighted by molar-refractivity contribution is 0.0951. The van der Waals surface area contributed by atoms with E-state index in [4.69, 9.17) is 16.3 Å². The number of hydrogen-bond donors (Lipinski definition) is 1. The van der Waals surface area contributed by atoms with Gasteiger partial charge in [-0.3, -0.25) is 9.48 Å². The first-order valence-corrected chi connectivity index (χ1v) is 9.61. The van der Waals surface area contributed by atoms with E-state index in [-0.39, 0.29) is 5.91 Å². The number of fused-ring (bicyclic) bond motifs is 1. The monoisotopic (exact) mass is 405 g/mol. The summed E-state index contributed by atoms with van der Waals surface area (Å²) in [5, 5.41) is 9.21. The summed E-state index contributed by atoms with van der Waals surface area (Å²) in [4.78, 5) is 12.5. The molecule has 4 rings (SSSR count). The molecule has 0 bridgehead atoms. The maximum Gasteiger partial charge on any atom is 0.251 e. The summed E-state index contributed by atoms with van der Waals surface area (Å²) in [7, 11) is 1.65. The van der Waals surface area contributed by atoms with Gasteiger partial charge in [-0.1, -0.05) is 41.9 Å². The molecule has 0 unspecified atom stereocenters. The Kier molecular flexibility index (Phi) is 5.49. The van der Waals surface area contributed by atoms with Crippen LogP contribution in [0.25, 0.3) is 10.9 Å². The van der Waals surface area contributed by atoms with Crippen LogP contribution in [0.1, 0.15) is 21.5 Å². The molecule has 29 heavy (non-hydrogen) atoms. The molecule has 5 nitrogen and oxygen atoms in total. The van der Waals surface area contributed by atoms with Crippen LogP contribution in [0.5, 0.6) is 5.75 Å². The van der Waals surface area contributed by atoms with Crippen LogP contribution in [0.2, 0.25) is 5.02 Å². The number of amides is 1. The highest BCUT2D eigenvalue weighted by Crippen LogP contribution is 2.17. The summed E-state index contributed by atoms with van der Waals surface area (Å²) in [6, 6.07) is 20.9. The predicted molar refractivity (Wildman–Crippen MR) is 114 cm³/mol. The lowest BCUT2D eigenvalue weighted by Crippen LogP contribution is -2.22. The molecular formula is C23H20ClN3O2. The van der Waals surface area contributed by atoms with Crippen LogP contribution < -0.4 is 10.1 Å². The molecule has 0 aliphatic heterocycles. The summed E-state index contributed by atoms with van der Waals surface area (Å²) in [6.07, 6.45) is 1.98. The van der Waals surface area contributed by atoms with Crippen LogP contribution in [0, 0.1) is 0 Å². The van der Waals surface area contributed by atoms with Crippen LogP contribution in [0.15, 0.2) is 72.9 Å². The molecule has 6 heteroatoms. The highest BCUT2D eigenvalue weighted by Gasteiger charge is 2.09. The number of methoxy groups -OCH3 is 1. The van der Waals surface area contributed by atoms with Gasteiger partial charge in [0.15, 0.2) is 0 Å². The van der Waals surface area contributed by atoms with Crippen LogP contribution in [-0.4, -0.2) is 22.8 Å². The van der Waals surface area contributed by atoms with Gasteiger partial charge in [0.1, 0.15) is 5.75 Å². The van der Waals surface area contributed by atoms with Crippen molar-refractivity contribution < 1.29 is 9.53 Å². The van der Waals surface area contributed by atoms with E-state index in [1.165, 1.54) is 0 Å². The van der Waals surface area contributed by atoms with Crippen molar-refractivity contribution in [2.75, 3.05) is 7.11 Å². The molecule has 0 fully saturated rings. The zero-order valence-corrected chi connectivity index (χ0v) is 16.7. The minimum Gasteiger partial charge on any atom is -0.497 e. The van der Waals surface area contributed by atoms with Crippen LogP contribution in [-0.2, 0) is 13.1 Å². The maximum atomic E-state index is 12.5. The van der Waals surface area contributed by atoms with Gasteiger partial charge in [-0.05, 0) is 47.5 Å². The van der Waals surface area contributed by atoms with Gasteiger partial charge in [0.25, 0.3) is 5.91 Å². The largest absolute Gasteiger partial charge is 0.497 e. The lowest BCUT2D eigenvalue weighted by Gasteiger charge is -2.05. The third kappa shape index (κ3) is 4.58. The van der Waals surface area contributed by atoms with E-state index in [0.717, 1.165) is 27.8 Å². The fourth-order valence-electron chi connectivity index (χ4n) is 3.09. The maximum absolute atomic E-state index is 12.5. The molecule has 1 N–H and O–H groups in total. The van der Waals surface area contributed by atoms with Crippen molar-refractivity contribution in [3.63, 3.8) is 0 Å². The minimum absolute atomic E-state index is 0.133. The molecule has 0 saturated carbocycles. The average Bonchev–Trinajstić information content (AvgIpc) is 3.15. The van der Waals surface area contributed by atoms with E-state index < -0.39 is 0 Å². The van der Waals surface area contributed by atoms with Gasteiger partial charge in [-0.15, -0.1) is 0 Å². The molecule has 0 aliphatic rings. The summed E-state index contributed by atoms with van der Waals surface area (Å²) < 4.78 is 7.07. The standard InChI is InChI=1S/C23H20ClN3O2/c1-29-21-10-4-17(5-11-21)14-27-15-19-7-6-18(12-22(19)26-27)23(28)25-13-16-2-8-20(24)9-3-16/h2-12,15H,13-14H2,1H3,(H,25,28). The van der Waals surface area contributed by atoms with Crippen molar-refractivity contribution in [2.24, 2.45) is 0 Å². The highest BCUT2D eigenvalue weighted by atomic mass is 35.5. The second kappa shape index (κ2) is 8.37. The van der Waals surface area contributed by atoms with Crippen molar-refractivity contribution in [3.8, 4) is 5.75 Å². The summed E-state index contributed by atoms with van der Waals surface area (Å²) in [5.41, 5.74) is 3.49. The number of halogens is 1. The number of hydrogen-bond acceptors (Lipinski definition) is 3. The Bertz CT molecular complexity index is 1140. The number of nitrogens with one attached hydrogen (secondary N) is 1. The average molecular weight is 406 g/mol. The minimum atomic E-state index is -0.133. The van der Waals surface area contributed by atoms with Crippen molar-refractivity contribution in [1.82, 2.24) is 15.1 Å². The normalized spacial score (nSPS) is 10.8. The predicted octanol–water partition coefficient (Wildman–Crippen LogP) is 4.68. The Morgan fingerprint density at radius 1 is 1.03 bits per heavy atom. The third-order valence-corrected chi connectivity index (χ3v) is 4.94. The fourth-order valence-corrected chi connectivity index (χ4v) is 3.22. The molecular weight excluding hydrogens is 386 g/mol. The molecule has 0 spiro atoms. The van der Waals surface area contributed by atoms with Crippen molar-refractivity contribution in [3.05, 3.63) is 94.6 Å². The number of aromatic nitrogens is 2. The van der Waals surface area contributed by atoms with E-state index in [1.807, 2.05) is 77.6 Å². The van der Waals surface area contributed by atoms with E-state index in [9.17, 15) is 4.79 Å². The zero-order valence-electron chi connectivity index (χ0n) is 15.9. The molecule has 1 heterocycles. The van der Waals surface area contributed by atoms with Gasteiger partial charge < -0.3 is 10.1 Å². The summed E-state index contributed by atoms with van der Waals surface area (Å²) in [6.45, 7) is 1.09. The lowest BCUT2D eigenvalue weighted by atomic mass is 10.1. The SMILES string of the molecule is COc1ccc(Cn2cc3ccc(C(=O)NCc4ccc(Cl)cc4)cc3n2)cc1. The Morgan fingerprint density at radius 2 is 1.76 bits per heavy atom. The molecule has 146 valence electrons. The molecule has 0 radical (unpaired) electrons. The molecule has 0 atom stereocenters. The number of benzene rings is 3. The van der Waals surface area contributed by atoms with Gasteiger partial charge in [-0.2, -0.15) is 5.10 Å². The molecule has 1 amide bonds. The first kappa shape index (κ1) is 19.0. The number of ether oxygens (including phenoxy) is 1. The topological polar surface area (TPSA) is 56.1 Å². The second-order valence-electron chi connectivity index (χ2n) is 6.76. The van der Waals surface area contributed by atoms with Gasteiger partial charge in [0, 0.05) is 28.7 Å². The van der Waals surface area contributed by atoms with Crippen molar-refractivity contribution in [1.29, 1.82) is 0 Å². The summed E-state index contributed by atoms with van der Waals surface area (Å²) in [5.74, 6) is 0.695. The van der Waals surface area contributed by atoms with Crippen molar-refractivity contribution in [2.45, 2.75) is 13.1 Å². The molecule has 0 aliphatic carbocycles. The number of nitrogens with zero attached hydrogens (tertiary/aromatic N) is 2. The Balaban J connectivity index is 1.45. The highest BCUT2D eigenvalue weighted by molar-refractivity contribution is 6.30. The van der Waals surface area contributed by atoms with E-state index >= 15 is 0 Å². The van der Waals surface area contributed by atoms with Gasteiger partial charge in [-0.25, -0.2) is 0 Å². The zero-order chi connectivity index (χ0) is 20.2. The first-order chi connectivity index (χ1) is 14.1. The molecule has 3 aromatic carbocycles. The molecule has 1 aromatic heterocycles. The van der Waals surface area contributed by atoms with E-state index in [1.54, 1.807) is 7.11 Å². The van der Waals surface area contributed by atoms with Crippen LogP contribution in [0.4, 0.5) is 0 Å². The Morgan fingerprint density at radius 3 is 2.48 bits per heavy atom. The number of carbonyl (C=O) groups is 1. The van der Waals surface area contributed by atoms with E-state index in [0.29, 0.717) is 23.7 Å². The smallest absolute Gasteiger partial charge is 0.251 e. The van der Waals surface area contributed by atoms with Gasteiger partial charge in [0.05, 0.1) is 19.2 Å². The Hall–Kier alpha value is -3.31. The molecule has 4 aromatic rings. The van der Waals surface area contributed by atoms with Crippen molar-refractivity contribution >= 4 is 28.4 Å². The van der Waals surface area contributed by atoms with Gasteiger partial charge in [0.2, 0.25) is 0 Å². The van der Waals surface area contributed by atoms with Crippen LogP contribution >= 0.6 is 11.6 Å². The number of carbonyl (C=O) groups excluding carboxylic acids is 1.